The summed E-state index contributed by atoms with van der Waals surface area (Å²) in [6.45, 7) is 10.3. The monoisotopic (exact) mass is 752 g/mol. The van der Waals surface area contributed by atoms with Gasteiger partial charge in [0.2, 0.25) is 0 Å². The molecule has 5 rings (SSSR count). The van der Waals surface area contributed by atoms with E-state index in [0.29, 0.717) is 39.6 Å². The van der Waals surface area contributed by atoms with Crippen molar-refractivity contribution in [1.82, 2.24) is 5.32 Å². The van der Waals surface area contributed by atoms with E-state index in [4.69, 9.17) is 28.4 Å². The lowest BCUT2D eigenvalue weighted by Crippen LogP contribution is -2.62. The maximum atomic E-state index is 14.9. The van der Waals surface area contributed by atoms with Gasteiger partial charge in [0.1, 0.15) is 17.2 Å². The number of rotatable bonds is 18. The number of carbonyl (C=O) groups excluding carboxylic acids is 1. The fraction of sp³-hybridized carbons (Fsp3) is 0.537. The van der Waals surface area contributed by atoms with Gasteiger partial charge in [-0.2, -0.15) is 0 Å². The number of aryl methyl sites for hydroxylation is 1. The van der Waals surface area contributed by atoms with Crippen LogP contribution in [0, 0.1) is 12.3 Å². The summed E-state index contributed by atoms with van der Waals surface area (Å²) in [6, 6.07) is 21.1. The van der Waals surface area contributed by atoms with Gasteiger partial charge >= 0.3 is 5.97 Å². The second-order valence-corrected chi connectivity index (χ2v) is 16.9. The molecule has 0 unspecified atom stereocenters. The highest BCUT2D eigenvalue weighted by Crippen LogP contribution is 2.46. The Hall–Kier alpha value is -3.52. The molecule has 12 heteroatoms. The lowest BCUT2D eigenvalue weighted by Gasteiger charge is -2.47. The van der Waals surface area contributed by atoms with Crippen LogP contribution in [0.1, 0.15) is 61.3 Å². The molecule has 0 aliphatic carbocycles. The molecule has 0 spiro atoms. The Balaban J connectivity index is 1.48. The summed E-state index contributed by atoms with van der Waals surface area (Å²) in [4.78, 5) is 14.1. The van der Waals surface area contributed by atoms with Gasteiger partial charge in [0, 0.05) is 39.8 Å². The third kappa shape index (κ3) is 9.78. The third-order valence-electron chi connectivity index (χ3n) is 10.3. The van der Waals surface area contributed by atoms with Gasteiger partial charge in [0.05, 0.1) is 62.2 Å². The van der Waals surface area contributed by atoms with Gasteiger partial charge < -0.3 is 33.3 Å². The topological polar surface area (TPSA) is 122 Å². The van der Waals surface area contributed by atoms with E-state index in [2.05, 4.69) is 16.3 Å². The van der Waals surface area contributed by atoms with E-state index in [0.717, 1.165) is 53.2 Å². The van der Waals surface area contributed by atoms with Crippen LogP contribution in [-0.4, -0.2) is 92.8 Å². The van der Waals surface area contributed by atoms with Crippen molar-refractivity contribution in [2.24, 2.45) is 5.41 Å². The summed E-state index contributed by atoms with van der Waals surface area (Å²) in [7, 11) is 0.651. The molecule has 290 valence electrons. The molecule has 2 heterocycles. The number of fused-ring (bicyclic) bond motifs is 1. The van der Waals surface area contributed by atoms with Crippen molar-refractivity contribution in [3.63, 3.8) is 0 Å². The zero-order valence-electron chi connectivity index (χ0n) is 32.0. The van der Waals surface area contributed by atoms with E-state index >= 15 is 0 Å². The predicted octanol–water partition coefficient (Wildman–Crippen LogP) is 5.82. The third-order valence-corrected chi connectivity index (χ3v) is 12.6. The van der Waals surface area contributed by atoms with Gasteiger partial charge in [-0.25, -0.2) is 8.42 Å². The van der Waals surface area contributed by atoms with Crippen LogP contribution in [0.25, 0.3) is 0 Å². The molecule has 0 aromatic heterocycles. The summed E-state index contributed by atoms with van der Waals surface area (Å²) < 4.78 is 63.7. The molecule has 0 bridgehead atoms. The Morgan fingerprint density at radius 2 is 1.66 bits per heavy atom. The minimum absolute atomic E-state index is 0.00124. The molecule has 3 aromatic carbocycles. The average Bonchev–Trinajstić information content (AvgIpc) is 3.16. The number of ether oxygens (including phenoxy) is 6. The first-order chi connectivity index (χ1) is 25.4. The van der Waals surface area contributed by atoms with Gasteiger partial charge in [-0.05, 0) is 81.0 Å². The fourth-order valence-electron chi connectivity index (χ4n) is 7.37. The van der Waals surface area contributed by atoms with Crippen LogP contribution in [0.15, 0.2) is 71.6 Å². The number of nitrogens with one attached hydrogen (secondary N) is 1. The van der Waals surface area contributed by atoms with Crippen LogP contribution >= 0.6 is 0 Å². The molecule has 3 aromatic rings. The summed E-state index contributed by atoms with van der Waals surface area (Å²) >= 11 is 0. The van der Waals surface area contributed by atoms with Crippen LogP contribution in [0.5, 0.6) is 5.75 Å². The highest BCUT2D eigenvalue weighted by molar-refractivity contribution is 7.92. The van der Waals surface area contributed by atoms with Crippen LogP contribution in [-0.2, 0) is 51.5 Å². The van der Waals surface area contributed by atoms with Crippen LogP contribution in [0.4, 0.5) is 5.69 Å². The van der Waals surface area contributed by atoms with E-state index in [-0.39, 0.29) is 36.3 Å². The number of hydrogen-bond acceptors (Lipinski definition) is 11. The van der Waals surface area contributed by atoms with E-state index in [1.54, 1.807) is 52.3 Å². The minimum Gasteiger partial charge on any atom is -0.490 e. The summed E-state index contributed by atoms with van der Waals surface area (Å²) in [5.74, 6) is 0.0401. The number of sulfone groups is 1. The quantitative estimate of drug-likeness (QED) is 0.125. The summed E-state index contributed by atoms with van der Waals surface area (Å²) in [6.07, 6.45) is 0.695. The molecular formula is C41H56N2O9S. The second-order valence-electron chi connectivity index (χ2n) is 14.7. The summed E-state index contributed by atoms with van der Waals surface area (Å²) in [5, 5.41) is 3.45. The van der Waals surface area contributed by atoms with Gasteiger partial charge in [-0.3, -0.25) is 10.1 Å². The fourth-order valence-corrected chi connectivity index (χ4v) is 9.54. The number of piperidine rings is 1. The highest BCUT2D eigenvalue weighted by Gasteiger charge is 2.54. The molecule has 1 fully saturated rings. The van der Waals surface area contributed by atoms with E-state index in [1.807, 2.05) is 43.3 Å². The first-order valence-electron chi connectivity index (χ1n) is 18.3. The number of benzene rings is 3. The van der Waals surface area contributed by atoms with E-state index < -0.39 is 26.1 Å². The van der Waals surface area contributed by atoms with Crippen molar-refractivity contribution in [3.8, 4) is 5.75 Å². The maximum absolute atomic E-state index is 14.9. The SMILES string of the molecule is COCCCN1CCOc2ccc(CO[C@H]3CN[C@@](CC(C)(C)C(=O)OC)(S(=O)(=O)c4ccc(C)cc4)C[C@@H]3c3ccc(COCCOC)cc3)cc21. The van der Waals surface area contributed by atoms with E-state index in [9.17, 15) is 13.2 Å². The Kier molecular flexibility index (Phi) is 14.0. The molecule has 0 saturated carbocycles. The Morgan fingerprint density at radius 1 is 0.943 bits per heavy atom. The van der Waals surface area contributed by atoms with Gasteiger partial charge in [-0.1, -0.05) is 48.0 Å². The number of anilines is 1. The lowest BCUT2D eigenvalue weighted by atomic mass is 9.77. The van der Waals surface area contributed by atoms with Crippen molar-refractivity contribution in [2.75, 3.05) is 72.3 Å². The molecule has 0 radical (unpaired) electrons. The molecule has 2 aliphatic rings. The van der Waals surface area contributed by atoms with Crippen LogP contribution in [0.2, 0.25) is 0 Å². The molecule has 1 N–H and O–H groups in total. The number of nitrogens with zero attached hydrogens (tertiary/aromatic N) is 1. The molecule has 11 nitrogen and oxygen atoms in total. The molecule has 3 atom stereocenters. The van der Waals surface area contributed by atoms with Crippen molar-refractivity contribution < 1.29 is 41.6 Å². The molecule has 2 aliphatic heterocycles. The molecule has 0 amide bonds. The first-order valence-corrected chi connectivity index (χ1v) is 19.8. The van der Waals surface area contributed by atoms with Gasteiger partial charge in [0.25, 0.3) is 0 Å². The number of esters is 1. The van der Waals surface area contributed by atoms with Crippen molar-refractivity contribution in [1.29, 1.82) is 0 Å². The number of methoxy groups -OCH3 is 3. The standard InChI is InChI=1S/C41H56N2O9S/c1-30-8-15-34(16-9-30)53(45,46)41(29-40(2,3)39(44)49-6)25-35(33-13-10-31(11-14-33)27-50-23-22-48-5)38(26-42-41)52-28-32-12-17-37-36(24-32)43(19-21-51-37)18-7-20-47-4/h8-17,24,35,38,42H,7,18-23,25-29H2,1-6H3/t35-,38+,41-/m1/s1. The summed E-state index contributed by atoms with van der Waals surface area (Å²) in [5.41, 5.74) is 3.80. The van der Waals surface area contributed by atoms with Gasteiger partial charge in [0.15, 0.2) is 9.84 Å². The lowest BCUT2D eigenvalue weighted by molar-refractivity contribution is -0.152. The normalized spacial score (nSPS) is 20.5. The molecular weight excluding hydrogens is 697 g/mol. The van der Waals surface area contributed by atoms with Crippen LogP contribution < -0.4 is 15.0 Å². The smallest absolute Gasteiger partial charge is 0.311 e. The van der Waals surface area contributed by atoms with Crippen LogP contribution in [0.3, 0.4) is 0 Å². The zero-order valence-corrected chi connectivity index (χ0v) is 32.8. The van der Waals surface area contributed by atoms with Crippen molar-refractivity contribution in [3.05, 3.63) is 89.0 Å². The Morgan fingerprint density at radius 3 is 2.36 bits per heavy atom. The maximum Gasteiger partial charge on any atom is 0.311 e. The zero-order chi connectivity index (χ0) is 38.1. The minimum atomic E-state index is -4.03. The average molecular weight is 753 g/mol. The first kappa shape index (κ1) is 40.7. The predicted molar refractivity (Wildman–Crippen MR) is 204 cm³/mol. The van der Waals surface area contributed by atoms with Crippen molar-refractivity contribution >= 4 is 21.5 Å². The number of hydrogen-bond donors (Lipinski definition) is 1. The van der Waals surface area contributed by atoms with E-state index in [1.165, 1.54) is 7.11 Å². The Labute approximate surface area is 315 Å². The highest BCUT2D eigenvalue weighted by atomic mass is 32.2. The van der Waals surface area contributed by atoms with Crippen molar-refractivity contribution in [2.45, 2.75) is 75.0 Å². The Bertz CT molecular complexity index is 1750. The van der Waals surface area contributed by atoms with Gasteiger partial charge in [-0.15, -0.1) is 0 Å². The largest absolute Gasteiger partial charge is 0.490 e. The molecule has 53 heavy (non-hydrogen) atoms. The number of carbonyl (C=O) groups is 1. The molecule has 1 saturated heterocycles. The second kappa shape index (κ2) is 18.2.